The molecule has 1 aromatic carbocycles. The van der Waals surface area contributed by atoms with Crippen LogP contribution in [0.1, 0.15) is 30.4 Å². The van der Waals surface area contributed by atoms with E-state index in [1.165, 1.54) is 17.8 Å². The molecule has 8 heteroatoms. The van der Waals surface area contributed by atoms with E-state index in [9.17, 15) is 10.1 Å². The van der Waals surface area contributed by atoms with Crippen molar-refractivity contribution in [3.63, 3.8) is 0 Å². The van der Waals surface area contributed by atoms with Crippen molar-refractivity contribution >= 4 is 59.4 Å². The van der Waals surface area contributed by atoms with E-state index in [0.717, 1.165) is 39.8 Å². The summed E-state index contributed by atoms with van der Waals surface area (Å²) in [6, 6.07) is 9.64. The second-order valence-electron chi connectivity index (χ2n) is 6.49. The van der Waals surface area contributed by atoms with Crippen molar-refractivity contribution in [3.8, 4) is 6.07 Å². The fraction of sp³-hybridized carbons (Fsp3) is 0.316. The van der Waals surface area contributed by atoms with Crippen LogP contribution in [0.25, 0.3) is 10.2 Å². The molecule has 4 rings (SSSR count). The molecule has 3 aromatic rings. The standard InChI is InChI=1S/C19H16Br2N4OS/c20-14-15-16(27-17(14)21)18(26)25(11-13-7-3-2-6-12(13)10-22)19(23-15)24-8-4-1-5-9-24/h2-3,6-7H,1,4-5,8-9,11H2. The molecule has 0 atom stereocenters. The zero-order valence-electron chi connectivity index (χ0n) is 14.4. The van der Waals surface area contributed by atoms with Gasteiger partial charge in [-0.3, -0.25) is 9.36 Å². The van der Waals surface area contributed by atoms with Crippen LogP contribution in [0, 0.1) is 11.3 Å². The predicted molar refractivity (Wildman–Crippen MR) is 116 cm³/mol. The minimum Gasteiger partial charge on any atom is -0.342 e. The molecule has 1 fully saturated rings. The number of fused-ring (bicyclic) bond motifs is 1. The number of benzene rings is 1. The summed E-state index contributed by atoms with van der Waals surface area (Å²) < 4.78 is 4.02. The molecule has 1 aliphatic heterocycles. The Morgan fingerprint density at radius 3 is 2.67 bits per heavy atom. The summed E-state index contributed by atoms with van der Waals surface area (Å²) in [5.41, 5.74) is 2.05. The van der Waals surface area contributed by atoms with Crippen LogP contribution in [0.3, 0.4) is 0 Å². The average molecular weight is 508 g/mol. The first-order valence-corrected chi connectivity index (χ1v) is 11.1. The van der Waals surface area contributed by atoms with Gasteiger partial charge in [0.2, 0.25) is 5.95 Å². The number of halogens is 2. The van der Waals surface area contributed by atoms with Crippen LogP contribution in [-0.2, 0) is 6.54 Å². The molecule has 0 aliphatic carbocycles. The molecule has 1 aliphatic rings. The van der Waals surface area contributed by atoms with Gasteiger partial charge < -0.3 is 4.90 Å². The molecule has 0 unspecified atom stereocenters. The van der Waals surface area contributed by atoms with Gasteiger partial charge in [0.25, 0.3) is 5.56 Å². The van der Waals surface area contributed by atoms with E-state index in [1.807, 2.05) is 18.2 Å². The lowest BCUT2D eigenvalue weighted by atomic mass is 10.1. The van der Waals surface area contributed by atoms with Gasteiger partial charge in [0.15, 0.2) is 0 Å². The number of hydrogen-bond acceptors (Lipinski definition) is 5. The number of nitrogens with zero attached hydrogens (tertiary/aromatic N) is 4. The maximum atomic E-state index is 13.3. The number of nitriles is 1. The van der Waals surface area contributed by atoms with Crippen LogP contribution < -0.4 is 10.5 Å². The van der Waals surface area contributed by atoms with E-state index in [1.54, 1.807) is 10.6 Å². The predicted octanol–water partition coefficient (Wildman–Crippen LogP) is 4.89. The maximum absolute atomic E-state index is 13.3. The molecule has 0 saturated carbocycles. The van der Waals surface area contributed by atoms with E-state index in [2.05, 4.69) is 42.8 Å². The summed E-state index contributed by atoms with van der Waals surface area (Å²) in [4.78, 5) is 20.4. The van der Waals surface area contributed by atoms with Crippen molar-refractivity contribution in [1.82, 2.24) is 9.55 Å². The Morgan fingerprint density at radius 1 is 1.19 bits per heavy atom. The van der Waals surface area contributed by atoms with Crippen molar-refractivity contribution in [1.29, 1.82) is 5.26 Å². The van der Waals surface area contributed by atoms with Crippen LogP contribution in [0.4, 0.5) is 5.95 Å². The highest BCUT2D eigenvalue weighted by atomic mass is 79.9. The van der Waals surface area contributed by atoms with Gasteiger partial charge in [0.05, 0.1) is 26.4 Å². The molecule has 1 saturated heterocycles. The van der Waals surface area contributed by atoms with Gasteiger partial charge in [-0.05, 0) is 62.8 Å². The normalized spacial score (nSPS) is 14.5. The fourth-order valence-electron chi connectivity index (χ4n) is 3.41. The van der Waals surface area contributed by atoms with Crippen molar-refractivity contribution in [3.05, 3.63) is 54.0 Å². The Balaban J connectivity index is 1.92. The van der Waals surface area contributed by atoms with Gasteiger partial charge in [-0.25, -0.2) is 4.98 Å². The SMILES string of the molecule is N#Cc1ccccc1Cn1c(N2CCCCC2)nc2c(Br)c(Br)sc2c1=O. The van der Waals surface area contributed by atoms with Gasteiger partial charge in [0, 0.05) is 13.1 Å². The highest BCUT2D eigenvalue weighted by Gasteiger charge is 2.23. The van der Waals surface area contributed by atoms with Crippen LogP contribution in [0.2, 0.25) is 0 Å². The quantitative estimate of drug-likeness (QED) is 0.506. The van der Waals surface area contributed by atoms with Gasteiger partial charge >= 0.3 is 0 Å². The number of thiophene rings is 1. The number of rotatable bonds is 3. The summed E-state index contributed by atoms with van der Waals surface area (Å²) in [5.74, 6) is 0.686. The van der Waals surface area contributed by atoms with Crippen molar-refractivity contribution in [2.45, 2.75) is 25.8 Å². The van der Waals surface area contributed by atoms with Crippen molar-refractivity contribution < 1.29 is 0 Å². The fourth-order valence-corrected chi connectivity index (χ4v) is 5.55. The Kier molecular flexibility index (Phi) is 5.35. The number of piperidine rings is 1. The molecular formula is C19H16Br2N4OS. The third-order valence-corrected chi connectivity index (χ3v) is 8.19. The maximum Gasteiger partial charge on any atom is 0.273 e. The summed E-state index contributed by atoms with van der Waals surface area (Å²) in [5, 5.41) is 9.42. The molecule has 0 spiro atoms. The first kappa shape index (κ1) is 18.7. The number of aromatic nitrogens is 2. The van der Waals surface area contributed by atoms with E-state index < -0.39 is 0 Å². The molecule has 0 amide bonds. The summed E-state index contributed by atoms with van der Waals surface area (Å²) >= 11 is 8.44. The van der Waals surface area contributed by atoms with Crippen LogP contribution in [0.5, 0.6) is 0 Å². The molecule has 0 N–H and O–H groups in total. The average Bonchev–Trinajstić information content (AvgIpc) is 2.99. The molecule has 3 heterocycles. The highest BCUT2D eigenvalue weighted by Crippen LogP contribution is 2.37. The minimum absolute atomic E-state index is 0.0651. The Morgan fingerprint density at radius 2 is 1.93 bits per heavy atom. The van der Waals surface area contributed by atoms with Crippen molar-refractivity contribution in [2.75, 3.05) is 18.0 Å². The Labute approximate surface area is 177 Å². The third kappa shape index (κ3) is 3.44. The molecule has 27 heavy (non-hydrogen) atoms. The second kappa shape index (κ2) is 7.74. The van der Waals surface area contributed by atoms with E-state index in [4.69, 9.17) is 4.98 Å². The summed E-state index contributed by atoms with van der Waals surface area (Å²) in [6.45, 7) is 2.12. The molecule has 0 bridgehead atoms. The van der Waals surface area contributed by atoms with E-state index in [-0.39, 0.29) is 5.56 Å². The smallest absolute Gasteiger partial charge is 0.273 e. The number of hydrogen-bond donors (Lipinski definition) is 0. The van der Waals surface area contributed by atoms with Crippen LogP contribution >= 0.6 is 43.2 Å². The lowest BCUT2D eigenvalue weighted by Crippen LogP contribution is -2.36. The zero-order chi connectivity index (χ0) is 19.0. The van der Waals surface area contributed by atoms with E-state index >= 15 is 0 Å². The largest absolute Gasteiger partial charge is 0.342 e. The lowest BCUT2D eigenvalue weighted by Gasteiger charge is -2.29. The Bertz CT molecular complexity index is 1110. The van der Waals surface area contributed by atoms with Crippen LogP contribution in [0.15, 0.2) is 37.3 Å². The molecule has 5 nitrogen and oxygen atoms in total. The number of anilines is 1. The monoisotopic (exact) mass is 506 g/mol. The molecule has 2 aromatic heterocycles. The molecular weight excluding hydrogens is 492 g/mol. The van der Waals surface area contributed by atoms with Crippen LogP contribution in [-0.4, -0.2) is 22.6 Å². The van der Waals surface area contributed by atoms with E-state index in [0.29, 0.717) is 28.3 Å². The first-order valence-electron chi connectivity index (χ1n) is 8.71. The summed E-state index contributed by atoms with van der Waals surface area (Å²) in [6.07, 6.45) is 3.39. The van der Waals surface area contributed by atoms with Crippen molar-refractivity contribution in [2.24, 2.45) is 0 Å². The lowest BCUT2D eigenvalue weighted by molar-refractivity contribution is 0.553. The highest BCUT2D eigenvalue weighted by molar-refractivity contribution is 9.13. The van der Waals surface area contributed by atoms with Gasteiger partial charge in [-0.2, -0.15) is 5.26 Å². The third-order valence-electron chi connectivity index (χ3n) is 4.79. The topological polar surface area (TPSA) is 61.9 Å². The first-order chi connectivity index (χ1) is 13.1. The van der Waals surface area contributed by atoms with Gasteiger partial charge in [0.1, 0.15) is 10.2 Å². The second-order valence-corrected chi connectivity index (χ2v) is 9.62. The summed E-state index contributed by atoms with van der Waals surface area (Å²) in [7, 11) is 0. The van der Waals surface area contributed by atoms with Gasteiger partial charge in [-0.1, -0.05) is 18.2 Å². The minimum atomic E-state index is -0.0651. The Hall–Kier alpha value is -1.69. The molecule has 0 radical (unpaired) electrons. The molecule has 138 valence electrons. The zero-order valence-corrected chi connectivity index (χ0v) is 18.4. The van der Waals surface area contributed by atoms with Gasteiger partial charge in [-0.15, -0.1) is 11.3 Å².